The molecule has 1 aromatic carbocycles. The molecular weight excluding hydrogens is 305 g/mol. The van der Waals surface area contributed by atoms with E-state index in [4.69, 9.17) is 40.6 Å². The Labute approximate surface area is 126 Å². The topological polar surface area (TPSA) is 50.9 Å². The van der Waals surface area contributed by atoms with Gasteiger partial charge in [-0.25, -0.2) is 0 Å². The summed E-state index contributed by atoms with van der Waals surface area (Å²) in [5.41, 5.74) is 4.33. The molecule has 0 radical (unpaired) electrons. The standard InChI is InChI=1S/C13H12Cl3N3/c14-9-4-3-8(11(16)7-9)6-12(19-17)13-10(15)2-1-5-18-13/h1-5,7,12,19H,6,17H2. The fraction of sp³-hybridized carbons (Fsp3) is 0.154. The summed E-state index contributed by atoms with van der Waals surface area (Å²) < 4.78 is 0. The van der Waals surface area contributed by atoms with Crippen LogP contribution in [0.2, 0.25) is 15.1 Å². The highest BCUT2D eigenvalue weighted by Crippen LogP contribution is 2.27. The fourth-order valence-electron chi connectivity index (χ4n) is 1.80. The Morgan fingerprint density at radius 3 is 2.58 bits per heavy atom. The van der Waals surface area contributed by atoms with Crippen LogP contribution in [-0.4, -0.2) is 4.98 Å². The lowest BCUT2D eigenvalue weighted by atomic mass is 10.0. The second kappa shape index (κ2) is 6.55. The van der Waals surface area contributed by atoms with Crippen LogP contribution in [0.1, 0.15) is 17.3 Å². The van der Waals surface area contributed by atoms with Gasteiger partial charge in [0, 0.05) is 16.2 Å². The lowest BCUT2D eigenvalue weighted by Gasteiger charge is -2.17. The number of nitrogens with two attached hydrogens (primary N) is 1. The maximum Gasteiger partial charge on any atom is 0.0775 e. The molecule has 0 amide bonds. The Morgan fingerprint density at radius 1 is 1.16 bits per heavy atom. The van der Waals surface area contributed by atoms with E-state index in [1.807, 2.05) is 6.07 Å². The Hall–Kier alpha value is -0.840. The summed E-state index contributed by atoms with van der Waals surface area (Å²) in [6, 6.07) is 8.69. The molecule has 0 spiro atoms. The minimum atomic E-state index is -0.215. The molecule has 2 rings (SSSR count). The van der Waals surface area contributed by atoms with Crippen molar-refractivity contribution in [1.29, 1.82) is 0 Å². The molecule has 1 atom stereocenters. The van der Waals surface area contributed by atoms with Gasteiger partial charge in [-0.15, -0.1) is 0 Å². The van der Waals surface area contributed by atoms with Crippen LogP contribution in [0.5, 0.6) is 0 Å². The number of rotatable bonds is 4. The summed E-state index contributed by atoms with van der Waals surface area (Å²) in [5.74, 6) is 5.58. The lowest BCUT2D eigenvalue weighted by molar-refractivity contribution is 0.538. The summed E-state index contributed by atoms with van der Waals surface area (Å²) in [6.07, 6.45) is 2.25. The lowest BCUT2D eigenvalue weighted by Crippen LogP contribution is -2.30. The maximum absolute atomic E-state index is 6.15. The van der Waals surface area contributed by atoms with Crippen LogP contribution >= 0.6 is 34.8 Å². The third kappa shape index (κ3) is 3.59. The fourth-order valence-corrected chi connectivity index (χ4v) is 2.53. The first kappa shape index (κ1) is 14.6. The normalized spacial score (nSPS) is 12.4. The smallest absolute Gasteiger partial charge is 0.0775 e. The van der Waals surface area contributed by atoms with Crippen LogP contribution in [0.25, 0.3) is 0 Å². The molecule has 0 saturated heterocycles. The predicted molar refractivity (Wildman–Crippen MR) is 79.5 cm³/mol. The number of pyridine rings is 1. The van der Waals surface area contributed by atoms with Crippen molar-refractivity contribution >= 4 is 34.8 Å². The molecule has 2 aromatic rings. The molecule has 100 valence electrons. The summed E-state index contributed by atoms with van der Waals surface area (Å²) in [4.78, 5) is 4.25. The van der Waals surface area contributed by atoms with E-state index >= 15 is 0 Å². The molecule has 0 saturated carbocycles. The molecule has 19 heavy (non-hydrogen) atoms. The summed E-state index contributed by atoms with van der Waals surface area (Å²) in [5, 5.41) is 1.76. The van der Waals surface area contributed by atoms with Gasteiger partial charge < -0.3 is 0 Å². The second-order valence-corrected chi connectivity index (χ2v) is 5.28. The van der Waals surface area contributed by atoms with E-state index in [-0.39, 0.29) is 6.04 Å². The van der Waals surface area contributed by atoms with Crippen molar-refractivity contribution in [1.82, 2.24) is 10.4 Å². The maximum atomic E-state index is 6.15. The molecule has 1 heterocycles. The van der Waals surface area contributed by atoms with E-state index in [1.165, 1.54) is 0 Å². The van der Waals surface area contributed by atoms with Gasteiger partial charge in [-0.1, -0.05) is 40.9 Å². The van der Waals surface area contributed by atoms with Gasteiger partial charge >= 0.3 is 0 Å². The first-order valence-electron chi connectivity index (χ1n) is 5.62. The summed E-state index contributed by atoms with van der Waals surface area (Å²) >= 11 is 18.1. The number of hydrazine groups is 1. The van der Waals surface area contributed by atoms with Gasteiger partial charge in [0.05, 0.1) is 16.8 Å². The largest absolute Gasteiger partial charge is 0.271 e. The highest BCUT2D eigenvalue weighted by molar-refractivity contribution is 6.35. The Kier molecular flexibility index (Phi) is 5.02. The minimum Gasteiger partial charge on any atom is -0.271 e. The average Bonchev–Trinajstić information content (AvgIpc) is 2.39. The molecule has 1 unspecified atom stereocenters. The second-order valence-electron chi connectivity index (χ2n) is 4.03. The average molecular weight is 317 g/mol. The molecular formula is C13H12Cl3N3. The van der Waals surface area contributed by atoms with Gasteiger partial charge in [-0.3, -0.25) is 16.3 Å². The molecule has 3 N–H and O–H groups in total. The first-order valence-corrected chi connectivity index (χ1v) is 6.75. The van der Waals surface area contributed by atoms with Crippen LogP contribution in [0.3, 0.4) is 0 Å². The molecule has 0 aliphatic heterocycles. The number of nitrogens with zero attached hydrogens (tertiary/aromatic N) is 1. The van der Waals surface area contributed by atoms with Crippen LogP contribution < -0.4 is 11.3 Å². The highest BCUT2D eigenvalue weighted by Gasteiger charge is 2.16. The van der Waals surface area contributed by atoms with Crippen molar-refractivity contribution < 1.29 is 0 Å². The van der Waals surface area contributed by atoms with Crippen LogP contribution in [0, 0.1) is 0 Å². The van der Waals surface area contributed by atoms with Gasteiger partial charge in [0.25, 0.3) is 0 Å². The van der Waals surface area contributed by atoms with Gasteiger partial charge in [0.2, 0.25) is 0 Å². The van der Waals surface area contributed by atoms with E-state index in [2.05, 4.69) is 10.4 Å². The Bertz CT molecular complexity index is 575. The minimum absolute atomic E-state index is 0.215. The molecule has 3 nitrogen and oxygen atoms in total. The van der Waals surface area contributed by atoms with Crippen molar-refractivity contribution in [2.24, 2.45) is 5.84 Å². The quantitative estimate of drug-likeness (QED) is 0.666. The number of nitrogens with one attached hydrogen (secondary N) is 1. The van der Waals surface area contributed by atoms with Crippen LogP contribution in [-0.2, 0) is 6.42 Å². The molecule has 6 heteroatoms. The van der Waals surface area contributed by atoms with Gasteiger partial charge in [0.1, 0.15) is 0 Å². The van der Waals surface area contributed by atoms with Crippen LogP contribution in [0.4, 0.5) is 0 Å². The number of halogens is 3. The number of hydrogen-bond acceptors (Lipinski definition) is 3. The summed E-state index contributed by atoms with van der Waals surface area (Å²) in [6.45, 7) is 0. The SMILES string of the molecule is NNC(Cc1ccc(Cl)cc1Cl)c1ncccc1Cl. The van der Waals surface area contributed by atoms with E-state index < -0.39 is 0 Å². The van der Waals surface area contributed by atoms with Crippen LogP contribution in [0.15, 0.2) is 36.5 Å². The number of benzene rings is 1. The van der Waals surface area contributed by atoms with Gasteiger partial charge in [-0.2, -0.15) is 0 Å². The van der Waals surface area contributed by atoms with E-state index in [0.29, 0.717) is 27.2 Å². The first-order chi connectivity index (χ1) is 9.11. The zero-order valence-electron chi connectivity index (χ0n) is 9.91. The Balaban J connectivity index is 2.27. The van der Waals surface area contributed by atoms with Crippen molar-refractivity contribution in [2.45, 2.75) is 12.5 Å². The third-order valence-electron chi connectivity index (χ3n) is 2.76. The monoisotopic (exact) mass is 315 g/mol. The van der Waals surface area contributed by atoms with E-state index in [9.17, 15) is 0 Å². The van der Waals surface area contributed by atoms with E-state index in [1.54, 1.807) is 30.5 Å². The van der Waals surface area contributed by atoms with Crippen molar-refractivity contribution in [3.8, 4) is 0 Å². The van der Waals surface area contributed by atoms with Crippen molar-refractivity contribution in [2.75, 3.05) is 0 Å². The predicted octanol–water partition coefficient (Wildman–Crippen LogP) is 3.79. The van der Waals surface area contributed by atoms with Crippen molar-refractivity contribution in [3.05, 3.63) is 62.9 Å². The van der Waals surface area contributed by atoms with E-state index in [0.717, 1.165) is 5.56 Å². The third-order valence-corrected chi connectivity index (χ3v) is 3.66. The van der Waals surface area contributed by atoms with Crippen molar-refractivity contribution in [3.63, 3.8) is 0 Å². The zero-order valence-corrected chi connectivity index (χ0v) is 12.2. The molecule has 0 bridgehead atoms. The summed E-state index contributed by atoms with van der Waals surface area (Å²) in [7, 11) is 0. The van der Waals surface area contributed by atoms with Gasteiger partial charge in [-0.05, 0) is 36.2 Å². The molecule has 0 fully saturated rings. The van der Waals surface area contributed by atoms with Gasteiger partial charge in [0.15, 0.2) is 0 Å². The zero-order chi connectivity index (χ0) is 13.8. The molecule has 1 aromatic heterocycles. The number of hydrogen-bond donors (Lipinski definition) is 2. The Morgan fingerprint density at radius 2 is 1.95 bits per heavy atom. The molecule has 0 aliphatic rings. The molecule has 0 aliphatic carbocycles. The number of aromatic nitrogens is 1. The highest BCUT2D eigenvalue weighted by atomic mass is 35.5.